The van der Waals surface area contributed by atoms with Crippen LogP contribution in [0.3, 0.4) is 0 Å². The fraction of sp³-hybridized carbons (Fsp3) is 0.571. The van der Waals surface area contributed by atoms with Crippen molar-refractivity contribution in [3.8, 4) is 0 Å². The number of aliphatic hydroxyl groups is 1. The van der Waals surface area contributed by atoms with E-state index in [4.69, 9.17) is 5.73 Å². The zero-order chi connectivity index (χ0) is 15.1. The minimum absolute atomic E-state index is 0.0173. The third-order valence-corrected chi connectivity index (χ3v) is 5.95. The molecular weight excluding hydrogens is 276 g/mol. The lowest BCUT2D eigenvalue weighted by Gasteiger charge is -2.18. The van der Waals surface area contributed by atoms with Crippen molar-refractivity contribution in [2.24, 2.45) is 5.41 Å². The van der Waals surface area contributed by atoms with E-state index >= 15 is 0 Å². The van der Waals surface area contributed by atoms with E-state index in [1.165, 1.54) is 0 Å². The Labute approximate surface area is 120 Å². The Kier molecular flexibility index (Phi) is 3.83. The van der Waals surface area contributed by atoms with Gasteiger partial charge in [-0.15, -0.1) is 0 Å². The molecule has 1 aliphatic rings. The molecular formula is C14H22N2O3S. The van der Waals surface area contributed by atoms with E-state index in [-0.39, 0.29) is 23.5 Å². The molecule has 1 aromatic rings. The van der Waals surface area contributed by atoms with Crippen LogP contribution in [0.5, 0.6) is 0 Å². The van der Waals surface area contributed by atoms with Crippen LogP contribution in [0.1, 0.15) is 29.5 Å². The van der Waals surface area contributed by atoms with Crippen LogP contribution in [0.25, 0.3) is 0 Å². The second-order valence-electron chi connectivity index (χ2n) is 5.84. The standard InChI is InChI=1S/C14H22N2O3S/c1-9-6-12(15)11(3)13(10(9)2)20(18,19)16-7-14(8-17)4-5-14/h6,16-17H,4-5,7-8,15H2,1-3H3. The smallest absolute Gasteiger partial charge is 0.241 e. The van der Waals surface area contributed by atoms with Crippen LogP contribution in [0.2, 0.25) is 0 Å². The van der Waals surface area contributed by atoms with Gasteiger partial charge in [0.15, 0.2) is 0 Å². The molecule has 4 N–H and O–H groups in total. The molecule has 0 aromatic heterocycles. The van der Waals surface area contributed by atoms with E-state index in [1.807, 2.05) is 6.92 Å². The van der Waals surface area contributed by atoms with Crippen molar-refractivity contribution in [1.29, 1.82) is 0 Å². The van der Waals surface area contributed by atoms with Crippen molar-refractivity contribution >= 4 is 15.7 Å². The highest BCUT2D eigenvalue weighted by atomic mass is 32.2. The maximum Gasteiger partial charge on any atom is 0.241 e. The molecule has 1 saturated carbocycles. The van der Waals surface area contributed by atoms with Crippen LogP contribution in [0.15, 0.2) is 11.0 Å². The monoisotopic (exact) mass is 298 g/mol. The van der Waals surface area contributed by atoms with Gasteiger partial charge in [0, 0.05) is 24.3 Å². The molecule has 112 valence electrons. The number of nitrogen functional groups attached to an aromatic ring is 1. The number of hydrogen-bond acceptors (Lipinski definition) is 4. The Morgan fingerprint density at radius 3 is 2.40 bits per heavy atom. The highest BCUT2D eigenvalue weighted by Crippen LogP contribution is 2.44. The van der Waals surface area contributed by atoms with Crippen molar-refractivity contribution in [2.75, 3.05) is 18.9 Å². The Morgan fingerprint density at radius 1 is 1.30 bits per heavy atom. The molecule has 1 aromatic carbocycles. The van der Waals surface area contributed by atoms with E-state index < -0.39 is 10.0 Å². The molecule has 0 aliphatic heterocycles. The summed E-state index contributed by atoms with van der Waals surface area (Å²) < 4.78 is 27.7. The maximum absolute atomic E-state index is 12.5. The van der Waals surface area contributed by atoms with Gasteiger partial charge in [-0.2, -0.15) is 0 Å². The predicted octanol–water partition coefficient (Wildman–Crippen LogP) is 1.24. The maximum atomic E-state index is 12.5. The molecule has 20 heavy (non-hydrogen) atoms. The Balaban J connectivity index is 2.35. The molecule has 0 saturated heterocycles. The van der Waals surface area contributed by atoms with E-state index in [2.05, 4.69) is 4.72 Å². The molecule has 1 fully saturated rings. The Morgan fingerprint density at radius 2 is 1.90 bits per heavy atom. The number of sulfonamides is 1. The van der Waals surface area contributed by atoms with Gasteiger partial charge in [-0.25, -0.2) is 13.1 Å². The van der Waals surface area contributed by atoms with Crippen molar-refractivity contribution in [3.05, 3.63) is 22.8 Å². The molecule has 0 radical (unpaired) electrons. The first kappa shape index (κ1) is 15.3. The average molecular weight is 298 g/mol. The van der Waals surface area contributed by atoms with Crippen molar-refractivity contribution in [1.82, 2.24) is 4.72 Å². The van der Waals surface area contributed by atoms with Gasteiger partial charge < -0.3 is 10.8 Å². The highest BCUT2D eigenvalue weighted by Gasteiger charge is 2.42. The number of aryl methyl sites for hydroxylation is 1. The summed E-state index contributed by atoms with van der Waals surface area (Å²) in [6, 6.07) is 1.79. The molecule has 0 atom stereocenters. The van der Waals surface area contributed by atoms with Crippen molar-refractivity contribution in [2.45, 2.75) is 38.5 Å². The van der Waals surface area contributed by atoms with Crippen LogP contribution in [-0.4, -0.2) is 26.7 Å². The van der Waals surface area contributed by atoms with E-state index in [0.29, 0.717) is 11.3 Å². The lowest BCUT2D eigenvalue weighted by atomic mass is 10.1. The average Bonchev–Trinajstić information content (AvgIpc) is 3.15. The molecule has 0 bridgehead atoms. The quantitative estimate of drug-likeness (QED) is 0.713. The zero-order valence-electron chi connectivity index (χ0n) is 12.2. The summed E-state index contributed by atoms with van der Waals surface area (Å²) in [7, 11) is -3.61. The third kappa shape index (κ3) is 2.68. The number of nitrogens with two attached hydrogens (primary N) is 1. The number of anilines is 1. The number of nitrogens with one attached hydrogen (secondary N) is 1. The van der Waals surface area contributed by atoms with Crippen LogP contribution in [0.4, 0.5) is 5.69 Å². The normalized spacial score (nSPS) is 17.2. The van der Waals surface area contributed by atoms with Crippen LogP contribution < -0.4 is 10.5 Å². The van der Waals surface area contributed by atoms with Crippen LogP contribution >= 0.6 is 0 Å². The largest absolute Gasteiger partial charge is 0.398 e. The number of aliphatic hydroxyl groups excluding tert-OH is 1. The van der Waals surface area contributed by atoms with Crippen molar-refractivity contribution in [3.63, 3.8) is 0 Å². The topological polar surface area (TPSA) is 92.4 Å². The second-order valence-corrected chi connectivity index (χ2v) is 7.55. The Hall–Kier alpha value is -1.11. The third-order valence-electron chi connectivity index (χ3n) is 4.28. The summed E-state index contributed by atoms with van der Waals surface area (Å²) in [6.07, 6.45) is 1.72. The molecule has 2 rings (SSSR count). The first-order chi connectivity index (χ1) is 9.22. The molecule has 0 spiro atoms. The first-order valence-electron chi connectivity index (χ1n) is 6.69. The van der Waals surface area contributed by atoms with Gasteiger partial charge in [-0.3, -0.25) is 0 Å². The molecule has 0 amide bonds. The summed E-state index contributed by atoms with van der Waals surface area (Å²) >= 11 is 0. The summed E-state index contributed by atoms with van der Waals surface area (Å²) in [4.78, 5) is 0.267. The van der Waals surface area contributed by atoms with E-state index in [0.717, 1.165) is 24.0 Å². The summed E-state index contributed by atoms with van der Waals surface area (Å²) in [5.41, 5.74) is 8.26. The lowest BCUT2D eigenvalue weighted by Crippen LogP contribution is -2.33. The lowest BCUT2D eigenvalue weighted by molar-refractivity contribution is 0.213. The van der Waals surface area contributed by atoms with E-state index in [9.17, 15) is 13.5 Å². The highest BCUT2D eigenvalue weighted by molar-refractivity contribution is 7.89. The van der Waals surface area contributed by atoms with Gasteiger partial charge in [-0.1, -0.05) is 0 Å². The minimum atomic E-state index is -3.61. The minimum Gasteiger partial charge on any atom is -0.398 e. The molecule has 1 aliphatic carbocycles. The number of benzene rings is 1. The van der Waals surface area contributed by atoms with Crippen LogP contribution in [0, 0.1) is 26.2 Å². The van der Waals surface area contributed by atoms with E-state index in [1.54, 1.807) is 19.9 Å². The molecule has 5 nitrogen and oxygen atoms in total. The summed E-state index contributed by atoms with van der Waals surface area (Å²) in [6.45, 7) is 5.65. The van der Waals surface area contributed by atoms with Gasteiger partial charge >= 0.3 is 0 Å². The van der Waals surface area contributed by atoms with Crippen molar-refractivity contribution < 1.29 is 13.5 Å². The summed E-state index contributed by atoms with van der Waals surface area (Å²) in [5.74, 6) is 0. The fourth-order valence-electron chi connectivity index (χ4n) is 2.33. The second kappa shape index (κ2) is 5.02. The van der Waals surface area contributed by atoms with Gasteiger partial charge in [0.1, 0.15) is 0 Å². The first-order valence-corrected chi connectivity index (χ1v) is 8.17. The summed E-state index contributed by atoms with van der Waals surface area (Å²) in [5, 5.41) is 9.27. The zero-order valence-corrected chi connectivity index (χ0v) is 13.0. The SMILES string of the molecule is Cc1cc(N)c(C)c(S(=O)(=O)NCC2(CO)CC2)c1C. The van der Waals surface area contributed by atoms with Gasteiger partial charge in [0.05, 0.1) is 4.90 Å². The molecule has 6 heteroatoms. The fourth-order valence-corrected chi connectivity index (χ4v) is 4.06. The van der Waals surface area contributed by atoms with Gasteiger partial charge in [-0.05, 0) is 56.4 Å². The predicted molar refractivity (Wildman–Crippen MR) is 79.0 cm³/mol. The number of rotatable bonds is 5. The van der Waals surface area contributed by atoms with Gasteiger partial charge in [0.2, 0.25) is 10.0 Å². The Bertz CT molecular complexity index is 608. The van der Waals surface area contributed by atoms with Gasteiger partial charge in [0.25, 0.3) is 0 Å². The van der Waals surface area contributed by atoms with Crippen LogP contribution in [-0.2, 0) is 10.0 Å². The molecule has 0 heterocycles. The number of hydrogen-bond donors (Lipinski definition) is 3. The molecule has 0 unspecified atom stereocenters.